The number of ether oxygens (including phenoxy) is 1. The van der Waals surface area contributed by atoms with Gasteiger partial charge in [0.1, 0.15) is 0 Å². The highest BCUT2D eigenvalue weighted by atomic mass is 16.5. The number of hydrogen-bond acceptors (Lipinski definition) is 6. The van der Waals surface area contributed by atoms with Crippen molar-refractivity contribution in [1.29, 1.82) is 0 Å². The van der Waals surface area contributed by atoms with Crippen LogP contribution in [0.25, 0.3) is 11.4 Å². The van der Waals surface area contributed by atoms with E-state index in [1.807, 2.05) is 48.5 Å². The Bertz CT molecular complexity index is 1010. The van der Waals surface area contributed by atoms with Crippen molar-refractivity contribution in [1.82, 2.24) is 14.6 Å². The molecular weight excluding hydrogens is 382 g/mol. The van der Waals surface area contributed by atoms with Gasteiger partial charge in [0.25, 0.3) is 0 Å². The van der Waals surface area contributed by atoms with E-state index in [4.69, 9.17) is 9.26 Å². The first-order chi connectivity index (χ1) is 14.4. The maximum absolute atomic E-state index is 12.2. The Morgan fingerprint density at radius 1 is 1.10 bits per heavy atom. The van der Waals surface area contributed by atoms with Gasteiger partial charge in [-0.05, 0) is 19.4 Å². The molecule has 7 heteroatoms. The van der Waals surface area contributed by atoms with E-state index in [1.54, 1.807) is 0 Å². The first-order valence-electron chi connectivity index (χ1n) is 10.2. The number of hydrogen-bond donors (Lipinski definition) is 1. The fourth-order valence-corrected chi connectivity index (χ4v) is 3.83. The molecule has 158 valence electrons. The van der Waals surface area contributed by atoms with Gasteiger partial charge in [0.15, 0.2) is 5.82 Å². The smallest absolute Gasteiger partial charge is 0.390 e. The Hall–Kier alpha value is -2.74. The average molecular weight is 409 g/mol. The molecule has 30 heavy (non-hydrogen) atoms. The van der Waals surface area contributed by atoms with Crippen molar-refractivity contribution in [3.05, 3.63) is 76.8 Å². The summed E-state index contributed by atoms with van der Waals surface area (Å²) < 4.78 is 12.3. The van der Waals surface area contributed by atoms with E-state index in [9.17, 15) is 9.90 Å². The van der Waals surface area contributed by atoms with Gasteiger partial charge >= 0.3 is 5.76 Å². The predicted octanol–water partition coefficient (Wildman–Crippen LogP) is 2.72. The molecule has 1 aliphatic rings. The number of β-amino-alcohol motifs (C(OH)–C–C–N with tert-alkyl or cyclic N) is 1. The third-order valence-corrected chi connectivity index (χ3v) is 5.59. The Morgan fingerprint density at radius 2 is 1.77 bits per heavy atom. The van der Waals surface area contributed by atoms with E-state index < -0.39 is 11.9 Å². The summed E-state index contributed by atoms with van der Waals surface area (Å²) in [6, 6.07) is 19.4. The van der Waals surface area contributed by atoms with Crippen molar-refractivity contribution in [3.63, 3.8) is 0 Å². The second-order valence-electron chi connectivity index (χ2n) is 8.33. The molecule has 1 aromatic heterocycles. The van der Waals surface area contributed by atoms with Crippen molar-refractivity contribution < 1.29 is 14.4 Å². The summed E-state index contributed by atoms with van der Waals surface area (Å²) >= 11 is 0. The average Bonchev–Trinajstić information content (AvgIpc) is 3.11. The molecule has 0 amide bonds. The molecule has 4 rings (SSSR count). The van der Waals surface area contributed by atoms with Crippen LogP contribution < -0.4 is 5.76 Å². The second-order valence-corrected chi connectivity index (χ2v) is 8.33. The van der Waals surface area contributed by atoms with Crippen molar-refractivity contribution in [2.75, 3.05) is 19.7 Å². The van der Waals surface area contributed by atoms with E-state index in [2.05, 4.69) is 36.0 Å². The number of aliphatic hydroxyl groups is 1. The van der Waals surface area contributed by atoms with Crippen LogP contribution in [0.2, 0.25) is 0 Å². The molecule has 1 aliphatic heterocycles. The van der Waals surface area contributed by atoms with Crippen molar-refractivity contribution in [2.45, 2.75) is 38.1 Å². The largest absolute Gasteiger partial charge is 0.441 e. The van der Waals surface area contributed by atoms with Gasteiger partial charge in [0.2, 0.25) is 0 Å². The van der Waals surface area contributed by atoms with Crippen LogP contribution >= 0.6 is 0 Å². The Labute approximate surface area is 175 Å². The van der Waals surface area contributed by atoms with Crippen LogP contribution in [-0.4, -0.2) is 51.1 Å². The van der Waals surface area contributed by atoms with Gasteiger partial charge in [0, 0.05) is 24.2 Å². The highest BCUT2D eigenvalue weighted by Crippen LogP contribution is 2.30. The number of morpholine rings is 1. The number of nitrogens with zero attached hydrogens (tertiary/aromatic N) is 3. The maximum Gasteiger partial charge on any atom is 0.441 e. The highest BCUT2D eigenvalue weighted by molar-refractivity contribution is 5.54. The molecule has 2 atom stereocenters. The minimum absolute atomic E-state index is 0.0513. The SMILES string of the molecule is CC1(C)COC(c2ccccc2)CN1CC(O)Cn1c(-c2ccccc2)noc1=O. The van der Waals surface area contributed by atoms with Crippen LogP contribution in [-0.2, 0) is 11.3 Å². The zero-order valence-corrected chi connectivity index (χ0v) is 17.3. The monoisotopic (exact) mass is 409 g/mol. The van der Waals surface area contributed by atoms with Crippen LogP contribution in [0.3, 0.4) is 0 Å². The summed E-state index contributed by atoms with van der Waals surface area (Å²) in [5.74, 6) is -0.153. The van der Waals surface area contributed by atoms with Crippen molar-refractivity contribution in [2.24, 2.45) is 0 Å². The first kappa shape index (κ1) is 20.5. The maximum atomic E-state index is 12.2. The van der Waals surface area contributed by atoms with Crippen LogP contribution in [0.4, 0.5) is 0 Å². The van der Waals surface area contributed by atoms with Gasteiger partial charge in [-0.1, -0.05) is 65.8 Å². The Balaban J connectivity index is 1.49. The normalized spacial score (nSPS) is 20.2. The number of aliphatic hydroxyl groups excluding tert-OH is 1. The number of benzene rings is 2. The lowest BCUT2D eigenvalue weighted by atomic mass is 9.97. The molecule has 2 heterocycles. The topological polar surface area (TPSA) is 80.7 Å². The number of aromatic nitrogens is 2. The Kier molecular flexibility index (Phi) is 5.85. The standard InChI is InChI=1S/C23H27N3O4/c1-23(2)16-29-20(17-9-5-3-6-10-17)15-25(23)13-19(27)14-26-21(24-30-22(26)28)18-11-7-4-8-12-18/h3-12,19-20,27H,13-16H2,1-2H3. The van der Waals surface area contributed by atoms with E-state index in [-0.39, 0.29) is 18.2 Å². The lowest BCUT2D eigenvalue weighted by Crippen LogP contribution is -2.56. The van der Waals surface area contributed by atoms with Crippen LogP contribution in [0, 0.1) is 0 Å². The molecule has 0 spiro atoms. The molecule has 1 saturated heterocycles. The molecule has 3 aromatic rings. The molecule has 7 nitrogen and oxygen atoms in total. The minimum Gasteiger partial charge on any atom is -0.390 e. The zero-order chi connectivity index (χ0) is 21.1. The van der Waals surface area contributed by atoms with Gasteiger partial charge in [0.05, 0.1) is 25.4 Å². The fourth-order valence-electron chi connectivity index (χ4n) is 3.83. The lowest BCUT2D eigenvalue weighted by molar-refractivity contribution is -0.111. The van der Waals surface area contributed by atoms with Crippen LogP contribution in [0.5, 0.6) is 0 Å². The molecule has 0 aliphatic carbocycles. The van der Waals surface area contributed by atoms with Gasteiger partial charge in [-0.3, -0.25) is 14.0 Å². The lowest BCUT2D eigenvalue weighted by Gasteiger charge is -2.46. The third-order valence-electron chi connectivity index (χ3n) is 5.59. The van der Waals surface area contributed by atoms with E-state index >= 15 is 0 Å². The van der Waals surface area contributed by atoms with Gasteiger partial charge in [-0.25, -0.2) is 4.79 Å². The van der Waals surface area contributed by atoms with Gasteiger partial charge in [-0.15, -0.1) is 0 Å². The molecule has 0 radical (unpaired) electrons. The highest BCUT2D eigenvalue weighted by Gasteiger charge is 2.36. The Morgan fingerprint density at radius 3 is 2.47 bits per heavy atom. The van der Waals surface area contributed by atoms with Gasteiger partial charge in [-0.2, -0.15) is 0 Å². The van der Waals surface area contributed by atoms with Crippen LogP contribution in [0.15, 0.2) is 70.0 Å². The van der Waals surface area contributed by atoms with E-state index in [0.717, 1.165) is 11.1 Å². The zero-order valence-electron chi connectivity index (χ0n) is 17.3. The first-order valence-corrected chi connectivity index (χ1v) is 10.2. The van der Waals surface area contributed by atoms with Crippen LogP contribution in [0.1, 0.15) is 25.5 Å². The number of rotatable bonds is 6. The molecule has 0 bridgehead atoms. The summed E-state index contributed by atoms with van der Waals surface area (Å²) in [7, 11) is 0. The van der Waals surface area contributed by atoms with Crippen molar-refractivity contribution in [3.8, 4) is 11.4 Å². The second kappa shape index (κ2) is 8.55. The summed E-state index contributed by atoms with van der Waals surface area (Å²) in [5, 5.41) is 14.7. The quantitative estimate of drug-likeness (QED) is 0.674. The fraction of sp³-hybridized carbons (Fsp3) is 0.391. The van der Waals surface area contributed by atoms with E-state index in [0.29, 0.717) is 25.5 Å². The van der Waals surface area contributed by atoms with Gasteiger partial charge < -0.3 is 9.84 Å². The van der Waals surface area contributed by atoms with E-state index in [1.165, 1.54) is 4.57 Å². The molecule has 1 fully saturated rings. The molecule has 1 N–H and O–H groups in total. The molecular formula is C23H27N3O4. The minimum atomic E-state index is -0.765. The predicted molar refractivity (Wildman–Crippen MR) is 113 cm³/mol. The summed E-state index contributed by atoms with van der Waals surface area (Å²) in [4.78, 5) is 14.4. The summed E-state index contributed by atoms with van der Waals surface area (Å²) in [6.45, 7) is 5.94. The summed E-state index contributed by atoms with van der Waals surface area (Å²) in [6.07, 6.45) is -0.817. The van der Waals surface area contributed by atoms with Crippen molar-refractivity contribution >= 4 is 0 Å². The molecule has 0 saturated carbocycles. The summed E-state index contributed by atoms with van der Waals surface area (Å²) in [5.41, 5.74) is 1.66. The molecule has 2 unspecified atom stereocenters. The third kappa shape index (κ3) is 4.38. The molecule has 2 aromatic carbocycles.